The summed E-state index contributed by atoms with van der Waals surface area (Å²) in [5.74, 6) is 2.30. The Balaban J connectivity index is 2.42. The number of hydrogen-bond donors (Lipinski definition) is 1. The third-order valence-electron chi connectivity index (χ3n) is 2.02. The zero-order valence-electron chi connectivity index (χ0n) is 9.04. The Kier molecular flexibility index (Phi) is 5.52. The number of nitrogens with one attached hydrogen (secondary N) is 1. The molecule has 14 heavy (non-hydrogen) atoms. The van der Waals surface area contributed by atoms with Crippen LogP contribution in [0, 0.1) is 0 Å². The van der Waals surface area contributed by atoms with Gasteiger partial charge >= 0.3 is 0 Å². The first-order valence-electron chi connectivity index (χ1n) is 4.97. The average Bonchev–Trinajstić information content (AvgIpc) is 2.66. The highest BCUT2D eigenvalue weighted by molar-refractivity contribution is 7.98. The van der Waals surface area contributed by atoms with Crippen molar-refractivity contribution in [1.29, 1.82) is 0 Å². The predicted molar refractivity (Wildman–Crippen MR) is 66.0 cm³/mol. The molecule has 1 heterocycles. The lowest BCUT2D eigenvalue weighted by Crippen LogP contribution is -2.12. The molecular weight excluding hydrogens is 212 g/mol. The van der Waals surface area contributed by atoms with E-state index >= 15 is 0 Å². The first kappa shape index (κ1) is 12.0. The third kappa shape index (κ3) is 3.59. The molecule has 4 heteroatoms. The van der Waals surface area contributed by atoms with Crippen molar-refractivity contribution in [1.82, 2.24) is 10.3 Å². The van der Waals surface area contributed by atoms with E-state index in [1.807, 2.05) is 18.8 Å². The van der Waals surface area contributed by atoms with Gasteiger partial charge in [-0.1, -0.05) is 6.92 Å². The van der Waals surface area contributed by atoms with E-state index in [4.69, 9.17) is 0 Å². The Morgan fingerprint density at radius 1 is 1.64 bits per heavy atom. The monoisotopic (exact) mass is 230 g/mol. The summed E-state index contributed by atoms with van der Waals surface area (Å²) in [6.45, 7) is 4.35. The first-order chi connectivity index (χ1) is 6.77. The lowest BCUT2D eigenvalue weighted by molar-refractivity contribution is 0.635. The second-order valence-corrected chi connectivity index (χ2v) is 5.28. The van der Waals surface area contributed by atoms with Gasteiger partial charge < -0.3 is 5.32 Å². The van der Waals surface area contributed by atoms with Crippen molar-refractivity contribution in [2.24, 2.45) is 0 Å². The quantitative estimate of drug-likeness (QED) is 0.760. The number of hydrogen-bond acceptors (Lipinski definition) is 4. The van der Waals surface area contributed by atoms with Crippen LogP contribution in [0.1, 0.15) is 37.0 Å². The Labute approximate surface area is 94.5 Å². The minimum Gasteiger partial charge on any atom is -0.312 e. The maximum atomic E-state index is 4.59. The predicted octanol–water partition coefficient (Wildman–Crippen LogP) is 3.07. The molecule has 0 spiro atoms. The summed E-state index contributed by atoms with van der Waals surface area (Å²) >= 11 is 3.74. The van der Waals surface area contributed by atoms with Crippen molar-refractivity contribution in [2.45, 2.75) is 32.1 Å². The summed E-state index contributed by atoms with van der Waals surface area (Å²) in [6, 6.07) is 0.371. The van der Waals surface area contributed by atoms with Gasteiger partial charge in [0.05, 0.1) is 5.69 Å². The van der Waals surface area contributed by atoms with E-state index < -0.39 is 0 Å². The summed E-state index contributed by atoms with van der Waals surface area (Å²) in [7, 11) is 1.97. The lowest BCUT2D eigenvalue weighted by atomic mass is 10.3. The minimum atomic E-state index is 0.371. The van der Waals surface area contributed by atoms with E-state index in [1.54, 1.807) is 11.3 Å². The van der Waals surface area contributed by atoms with Crippen molar-refractivity contribution in [2.75, 3.05) is 12.8 Å². The van der Waals surface area contributed by atoms with E-state index in [0.29, 0.717) is 6.04 Å². The van der Waals surface area contributed by atoms with Gasteiger partial charge in [0.2, 0.25) is 0 Å². The standard InChI is InChI=1S/C10H18N2S2/c1-4-5-13-7-10-12-9(6-14-10)8(2)11-3/h6,8,11H,4-5,7H2,1-3H3. The fourth-order valence-electron chi connectivity index (χ4n) is 1.04. The molecule has 1 atom stereocenters. The molecule has 1 rings (SSSR count). The molecule has 1 aromatic heterocycles. The van der Waals surface area contributed by atoms with Crippen LogP contribution in [0.5, 0.6) is 0 Å². The van der Waals surface area contributed by atoms with E-state index in [9.17, 15) is 0 Å². The van der Waals surface area contributed by atoms with Gasteiger partial charge in [0, 0.05) is 17.2 Å². The number of rotatable bonds is 6. The summed E-state index contributed by atoms with van der Waals surface area (Å²) in [6.07, 6.45) is 1.25. The van der Waals surface area contributed by atoms with Crippen molar-refractivity contribution in [3.63, 3.8) is 0 Å². The molecule has 0 radical (unpaired) electrons. The number of aromatic nitrogens is 1. The van der Waals surface area contributed by atoms with Gasteiger partial charge in [-0.05, 0) is 26.1 Å². The molecule has 0 saturated heterocycles. The summed E-state index contributed by atoms with van der Waals surface area (Å²) in [4.78, 5) is 4.59. The molecule has 0 saturated carbocycles. The minimum absolute atomic E-state index is 0.371. The molecule has 1 N–H and O–H groups in total. The van der Waals surface area contributed by atoms with Crippen LogP contribution in [0.2, 0.25) is 0 Å². The summed E-state index contributed by atoms with van der Waals surface area (Å²) in [5, 5.41) is 6.61. The second-order valence-electron chi connectivity index (χ2n) is 3.23. The molecule has 0 aliphatic rings. The van der Waals surface area contributed by atoms with Gasteiger partial charge in [0.1, 0.15) is 5.01 Å². The Morgan fingerprint density at radius 2 is 2.43 bits per heavy atom. The van der Waals surface area contributed by atoms with Crippen LogP contribution >= 0.6 is 23.1 Å². The van der Waals surface area contributed by atoms with Crippen LogP contribution in [-0.4, -0.2) is 17.8 Å². The molecule has 2 nitrogen and oxygen atoms in total. The molecule has 0 fully saturated rings. The van der Waals surface area contributed by atoms with Crippen molar-refractivity contribution < 1.29 is 0 Å². The van der Waals surface area contributed by atoms with Gasteiger partial charge in [0.15, 0.2) is 0 Å². The fourth-order valence-corrected chi connectivity index (χ4v) is 2.91. The molecular formula is C10H18N2S2. The van der Waals surface area contributed by atoms with Crippen molar-refractivity contribution in [3.05, 3.63) is 16.1 Å². The van der Waals surface area contributed by atoms with Gasteiger partial charge in [-0.15, -0.1) is 11.3 Å². The zero-order chi connectivity index (χ0) is 10.4. The summed E-state index contributed by atoms with van der Waals surface area (Å²) < 4.78 is 0. The highest BCUT2D eigenvalue weighted by Gasteiger charge is 2.07. The van der Waals surface area contributed by atoms with Crippen LogP contribution < -0.4 is 5.32 Å². The van der Waals surface area contributed by atoms with Crippen molar-refractivity contribution in [3.8, 4) is 0 Å². The van der Waals surface area contributed by atoms with Crippen molar-refractivity contribution >= 4 is 23.1 Å². The SMILES string of the molecule is CCCSCc1nc(C(C)NC)cs1. The van der Waals surface area contributed by atoms with E-state index in [0.717, 1.165) is 5.75 Å². The topological polar surface area (TPSA) is 24.9 Å². The molecule has 80 valence electrons. The zero-order valence-corrected chi connectivity index (χ0v) is 10.7. The Hall–Kier alpha value is -0.0600. The first-order valence-corrected chi connectivity index (χ1v) is 7.00. The average molecular weight is 230 g/mol. The number of nitrogens with zero attached hydrogens (tertiary/aromatic N) is 1. The maximum Gasteiger partial charge on any atom is 0.103 e. The van der Waals surface area contributed by atoms with Gasteiger partial charge in [0.25, 0.3) is 0 Å². The van der Waals surface area contributed by atoms with Crippen LogP contribution in [0.15, 0.2) is 5.38 Å². The molecule has 1 unspecified atom stereocenters. The maximum absolute atomic E-state index is 4.59. The molecule has 0 aromatic carbocycles. The molecule has 0 bridgehead atoms. The molecule has 0 amide bonds. The van der Waals surface area contributed by atoms with E-state index in [1.165, 1.54) is 22.9 Å². The number of thioether (sulfide) groups is 1. The largest absolute Gasteiger partial charge is 0.312 e. The highest BCUT2D eigenvalue weighted by Crippen LogP contribution is 2.20. The highest BCUT2D eigenvalue weighted by atomic mass is 32.2. The number of thiazole rings is 1. The molecule has 0 aliphatic carbocycles. The van der Waals surface area contributed by atoms with Gasteiger partial charge in [-0.2, -0.15) is 11.8 Å². The van der Waals surface area contributed by atoms with Crippen LogP contribution in [0.25, 0.3) is 0 Å². The lowest BCUT2D eigenvalue weighted by Gasteiger charge is -2.04. The van der Waals surface area contributed by atoms with Crippen LogP contribution in [0.4, 0.5) is 0 Å². The Morgan fingerprint density at radius 3 is 3.07 bits per heavy atom. The van der Waals surface area contributed by atoms with E-state index in [-0.39, 0.29) is 0 Å². The normalized spacial score (nSPS) is 13.1. The fraction of sp³-hybridized carbons (Fsp3) is 0.700. The Bertz CT molecular complexity index is 260. The third-order valence-corrected chi connectivity index (χ3v) is 4.24. The van der Waals surface area contributed by atoms with Gasteiger partial charge in [-0.3, -0.25) is 0 Å². The second kappa shape index (κ2) is 6.43. The van der Waals surface area contributed by atoms with Crippen LogP contribution in [-0.2, 0) is 5.75 Å². The summed E-state index contributed by atoms with van der Waals surface area (Å²) in [5.41, 5.74) is 1.17. The van der Waals surface area contributed by atoms with Gasteiger partial charge in [-0.25, -0.2) is 4.98 Å². The molecule has 0 aliphatic heterocycles. The smallest absolute Gasteiger partial charge is 0.103 e. The molecule has 1 aromatic rings. The van der Waals surface area contributed by atoms with E-state index in [2.05, 4.69) is 29.5 Å². The van der Waals surface area contributed by atoms with Crippen LogP contribution in [0.3, 0.4) is 0 Å².